The van der Waals surface area contributed by atoms with Crippen molar-refractivity contribution < 1.29 is 4.79 Å². The maximum atomic E-state index is 12.7. The lowest BCUT2D eigenvalue weighted by atomic mass is 10.1. The van der Waals surface area contributed by atoms with Crippen LogP contribution in [0.5, 0.6) is 0 Å². The van der Waals surface area contributed by atoms with Gasteiger partial charge in [-0.1, -0.05) is 12.1 Å². The number of carbonyl (C=O) groups excluding carboxylic acids is 1. The van der Waals surface area contributed by atoms with Crippen LogP contribution in [0.4, 0.5) is 0 Å². The third-order valence-electron chi connectivity index (χ3n) is 4.26. The Labute approximate surface area is 160 Å². The minimum Gasteiger partial charge on any atom is -0.352 e. The maximum absolute atomic E-state index is 12.7. The van der Waals surface area contributed by atoms with E-state index in [-0.39, 0.29) is 5.91 Å². The molecule has 0 atom stereocenters. The van der Waals surface area contributed by atoms with E-state index >= 15 is 0 Å². The Hall–Kier alpha value is -3.06. The summed E-state index contributed by atoms with van der Waals surface area (Å²) in [4.78, 5) is 22.8. The normalized spacial score (nSPS) is 11.0. The summed E-state index contributed by atoms with van der Waals surface area (Å²) in [5, 5.41) is 10.2. The van der Waals surface area contributed by atoms with Crippen LogP contribution >= 0.6 is 11.3 Å². The number of aromatic nitrogens is 4. The third kappa shape index (κ3) is 3.88. The van der Waals surface area contributed by atoms with Crippen LogP contribution in [-0.4, -0.2) is 32.2 Å². The van der Waals surface area contributed by atoms with Gasteiger partial charge in [-0.05, 0) is 36.6 Å². The summed E-state index contributed by atoms with van der Waals surface area (Å²) in [5.41, 5.74) is 3.09. The molecular formula is C20H19N5OS. The van der Waals surface area contributed by atoms with Crippen molar-refractivity contribution in [2.24, 2.45) is 0 Å². The van der Waals surface area contributed by atoms with Gasteiger partial charge < -0.3 is 5.32 Å². The van der Waals surface area contributed by atoms with Crippen molar-refractivity contribution in [1.82, 2.24) is 25.1 Å². The van der Waals surface area contributed by atoms with E-state index in [1.165, 1.54) is 4.88 Å². The highest BCUT2D eigenvalue weighted by atomic mass is 32.1. The Kier molecular flexibility index (Phi) is 4.93. The standard InChI is InChI=1S/C20H19N5OS/c1-14-11-17(20(26)22-9-7-15-5-2-3-8-21-15)18-12-23-25(19(18)24-14)13-16-6-4-10-27-16/h2-6,8,10-12H,7,9,13H2,1H3,(H,22,26). The molecule has 7 heteroatoms. The topological polar surface area (TPSA) is 72.7 Å². The predicted molar refractivity (Wildman–Crippen MR) is 106 cm³/mol. The average Bonchev–Trinajstić information content (AvgIpc) is 3.33. The van der Waals surface area contributed by atoms with Crippen LogP contribution in [0.1, 0.15) is 26.6 Å². The molecule has 136 valence electrons. The van der Waals surface area contributed by atoms with Crippen molar-refractivity contribution in [2.45, 2.75) is 19.9 Å². The molecule has 1 amide bonds. The van der Waals surface area contributed by atoms with Gasteiger partial charge in [-0.2, -0.15) is 5.10 Å². The maximum Gasteiger partial charge on any atom is 0.252 e. The van der Waals surface area contributed by atoms with Crippen LogP contribution in [0, 0.1) is 6.92 Å². The molecule has 0 bridgehead atoms. The molecule has 0 aromatic carbocycles. The molecule has 0 saturated carbocycles. The van der Waals surface area contributed by atoms with Gasteiger partial charge in [-0.15, -0.1) is 11.3 Å². The molecule has 0 aliphatic heterocycles. The number of rotatable bonds is 6. The highest BCUT2D eigenvalue weighted by Crippen LogP contribution is 2.20. The monoisotopic (exact) mass is 377 g/mol. The number of pyridine rings is 2. The summed E-state index contributed by atoms with van der Waals surface area (Å²) in [5.74, 6) is -0.114. The minimum absolute atomic E-state index is 0.114. The van der Waals surface area contributed by atoms with Gasteiger partial charge in [0.15, 0.2) is 5.65 Å². The molecule has 4 heterocycles. The molecule has 0 radical (unpaired) electrons. The van der Waals surface area contributed by atoms with Gasteiger partial charge in [0.05, 0.1) is 23.7 Å². The van der Waals surface area contributed by atoms with Crippen LogP contribution in [0.15, 0.2) is 54.2 Å². The lowest BCUT2D eigenvalue weighted by Gasteiger charge is -2.08. The van der Waals surface area contributed by atoms with Crippen LogP contribution < -0.4 is 5.32 Å². The summed E-state index contributed by atoms with van der Waals surface area (Å²) in [6.45, 7) is 3.08. The number of carbonyl (C=O) groups is 1. The van der Waals surface area contributed by atoms with E-state index in [0.29, 0.717) is 25.1 Å². The van der Waals surface area contributed by atoms with Crippen LogP contribution in [0.3, 0.4) is 0 Å². The van der Waals surface area contributed by atoms with Crippen molar-refractivity contribution in [2.75, 3.05) is 6.54 Å². The summed E-state index contributed by atoms with van der Waals surface area (Å²) in [7, 11) is 0. The molecule has 0 saturated heterocycles. The first kappa shape index (κ1) is 17.4. The van der Waals surface area contributed by atoms with E-state index in [1.54, 1.807) is 23.7 Å². The molecule has 6 nitrogen and oxygen atoms in total. The molecule has 0 fully saturated rings. The summed E-state index contributed by atoms with van der Waals surface area (Å²) < 4.78 is 1.85. The number of hydrogen-bond acceptors (Lipinski definition) is 5. The Morgan fingerprint density at radius 3 is 2.96 bits per heavy atom. The van der Waals surface area contributed by atoms with Crippen molar-refractivity contribution in [3.63, 3.8) is 0 Å². The molecule has 0 unspecified atom stereocenters. The van der Waals surface area contributed by atoms with E-state index in [4.69, 9.17) is 0 Å². The smallest absolute Gasteiger partial charge is 0.252 e. The number of nitrogens with one attached hydrogen (secondary N) is 1. The molecular weight excluding hydrogens is 358 g/mol. The third-order valence-corrected chi connectivity index (χ3v) is 5.12. The fraction of sp³-hybridized carbons (Fsp3) is 0.200. The zero-order valence-corrected chi connectivity index (χ0v) is 15.7. The lowest BCUT2D eigenvalue weighted by molar-refractivity contribution is 0.0955. The zero-order chi connectivity index (χ0) is 18.6. The van der Waals surface area contributed by atoms with E-state index in [2.05, 4.69) is 26.4 Å². The number of thiophene rings is 1. The largest absolute Gasteiger partial charge is 0.352 e. The highest BCUT2D eigenvalue weighted by molar-refractivity contribution is 7.09. The van der Waals surface area contributed by atoms with Crippen LogP contribution in [0.25, 0.3) is 11.0 Å². The Balaban J connectivity index is 1.54. The summed E-state index contributed by atoms with van der Waals surface area (Å²) in [6.07, 6.45) is 4.18. The van der Waals surface area contributed by atoms with Crippen molar-refractivity contribution >= 4 is 28.3 Å². The average molecular weight is 377 g/mol. The Morgan fingerprint density at radius 2 is 2.19 bits per heavy atom. The molecule has 0 spiro atoms. The Bertz CT molecular complexity index is 1060. The number of aryl methyl sites for hydroxylation is 1. The summed E-state index contributed by atoms with van der Waals surface area (Å²) in [6, 6.07) is 11.7. The second-order valence-corrected chi connectivity index (χ2v) is 7.29. The first-order valence-electron chi connectivity index (χ1n) is 8.74. The molecule has 4 aromatic rings. The number of amides is 1. The Morgan fingerprint density at radius 1 is 1.26 bits per heavy atom. The van der Waals surface area contributed by atoms with E-state index in [9.17, 15) is 4.79 Å². The van der Waals surface area contributed by atoms with Crippen LogP contribution in [0.2, 0.25) is 0 Å². The van der Waals surface area contributed by atoms with Gasteiger partial charge in [-0.3, -0.25) is 9.78 Å². The summed E-state index contributed by atoms with van der Waals surface area (Å²) >= 11 is 1.68. The molecule has 0 aliphatic carbocycles. The van der Waals surface area contributed by atoms with Gasteiger partial charge in [0, 0.05) is 35.4 Å². The molecule has 27 heavy (non-hydrogen) atoms. The number of nitrogens with zero attached hydrogens (tertiary/aromatic N) is 4. The lowest BCUT2D eigenvalue weighted by Crippen LogP contribution is -2.26. The first-order valence-corrected chi connectivity index (χ1v) is 9.62. The fourth-order valence-electron chi connectivity index (χ4n) is 2.97. The van der Waals surface area contributed by atoms with Crippen molar-refractivity contribution in [3.05, 3.63) is 76.0 Å². The molecule has 4 rings (SSSR count). The van der Waals surface area contributed by atoms with Gasteiger partial charge >= 0.3 is 0 Å². The molecule has 4 aromatic heterocycles. The van der Waals surface area contributed by atoms with E-state index in [0.717, 1.165) is 22.4 Å². The number of fused-ring (bicyclic) bond motifs is 1. The molecule has 1 N–H and O–H groups in total. The minimum atomic E-state index is -0.114. The SMILES string of the molecule is Cc1cc(C(=O)NCCc2ccccn2)c2cnn(Cc3cccs3)c2n1. The van der Waals surface area contributed by atoms with E-state index in [1.807, 2.05) is 47.3 Å². The first-order chi connectivity index (χ1) is 13.2. The van der Waals surface area contributed by atoms with Gasteiger partial charge in [0.25, 0.3) is 5.91 Å². The number of hydrogen-bond donors (Lipinski definition) is 1. The second kappa shape index (κ2) is 7.67. The van der Waals surface area contributed by atoms with Gasteiger partial charge in [0.2, 0.25) is 0 Å². The highest BCUT2D eigenvalue weighted by Gasteiger charge is 2.16. The fourth-order valence-corrected chi connectivity index (χ4v) is 3.66. The molecule has 0 aliphatic rings. The quantitative estimate of drug-likeness (QED) is 0.560. The van der Waals surface area contributed by atoms with E-state index < -0.39 is 0 Å². The van der Waals surface area contributed by atoms with Crippen molar-refractivity contribution in [3.8, 4) is 0 Å². The van der Waals surface area contributed by atoms with Crippen LogP contribution in [-0.2, 0) is 13.0 Å². The predicted octanol–water partition coefficient (Wildman–Crippen LogP) is 3.22. The van der Waals surface area contributed by atoms with Crippen molar-refractivity contribution in [1.29, 1.82) is 0 Å². The van der Waals surface area contributed by atoms with Gasteiger partial charge in [0.1, 0.15) is 0 Å². The van der Waals surface area contributed by atoms with Gasteiger partial charge in [-0.25, -0.2) is 9.67 Å². The zero-order valence-electron chi connectivity index (χ0n) is 14.9. The second-order valence-electron chi connectivity index (χ2n) is 6.26.